The van der Waals surface area contributed by atoms with Crippen molar-refractivity contribution in [2.75, 3.05) is 13.7 Å². The molecule has 0 radical (unpaired) electrons. The molecule has 11 heteroatoms. The molecule has 4 aromatic rings. The van der Waals surface area contributed by atoms with Gasteiger partial charge in [-0.3, -0.25) is 14.3 Å². The summed E-state index contributed by atoms with van der Waals surface area (Å²) >= 11 is 6.29. The molecule has 2 N–H and O–H groups in total. The first-order valence-corrected chi connectivity index (χ1v) is 13.3. The number of carbonyl (C=O) groups excluding carboxylic acids is 1. The molecule has 0 aliphatic rings. The molecule has 4 rings (SSSR count). The predicted octanol–water partition coefficient (Wildman–Crippen LogP) is 7.22. The Morgan fingerprint density at radius 3 is 2.34 bits per heavy atom. The Kier molecular flexibility index (Phi) is 8.92. The molecule has 1 amide bonds. The van der Waals surface area contributed by atoms with E-state index in [0.717, 1.165) is 24.1 Å². The topological polar surface area (TPSA) is 93.5 Å². The summed E-state index contributed by atoms with van der Waals surface area (Å²) in [4.78, 5) is 23.1. The van der Waals surface area contributed by atoms with Gasteiger partial charge >= 0.3 is 12.1 Å². The summed E-state index contributed by atoms with van der Waals surface area (Å²) in [6.07, 6.45) is -2.10. The summed E-state index contributed by atoms with van der Waals surface area (Å²) in [6, 6.07) is 13.6. The quantitative estimate of drug-likeness (QED) is 0.204. The number of carbonyl (C=O) groups is 2. The zero-order valence-electron chi connectivity index (χ0n) is 22.6. The van der Waals surface area contributed by atoms with Gasteiger partial charge in [0.1, 0.15) is 5.75 Å². The Hall–Kier alpha value is -4.05. The van der Waals surface area contributed by atoms with Gasteiger partial charge in [0, 0.05) is 34.5 Å². The minimum Gasteiger partial charge on any atom is -0.495 e. The van der Waals surface area contributed by atoms with E-state index >= 15 is 0 Å². The summed E-state index contributed by atoms with van der Waals surface area (Å²) in [5, 5.41) is 16.8. The molecule has 216 valence electrons. The van der Waals surface area contributed by atoms with Crippen molar-refractivity contribution in [3.05, 3.63) is 82.5 Å². The fourth-order valence-corrected chi connectivity index (χ4v) is 4.96. The molecule has 0 saturated heterocycles. The number of carboxylic acids is 1. The first-order chi connectivity index (χ1) is 19.4. The molecule has 1 atom stereocenters. The van der Waals surface area contributed by atoms with Crippen LogP contribution in [0.1, 0.15) is 54.2 Å². The molecule has 0 spiro atoms. The highest BCUT2D eigenvalue weighted by Crippen LogP contribution is 2.42. The fourth-order valence-electron chi connectivity index (χ4n) is 4.67. The van der Waals surface area contributed by atoms with E-state index in [1.165, 1.54) is 13.2 Å². The first-order valence-electron chi connectivity index (χ1n) is 12.9. The van der Waals surface area contributed by atoms with Crippen LogP contribution in [0.25, 0.3) is 22.0 Å². The number of alkyl halides is 3. The van der Waals surface area contributed by atoms with Crippen LogP contribution in [0.3, 0.4) is 0 Å². The Bertz CT molecular complexity index is 1570. The van der Waals surface area contributed by atoms with E-state index in [9.17, 15) is 22.8 Å². The van der Waals surface area contributed by atoms with Crippen LogP contribution >= 0.6 is 11.6 Å². The van der Waals surface area contributed by atoms with Crippen molar-refractivity contribution < 1.29 is 32.6 Å². The van der Waals surface area contributed by atoms with Gasteiger partial charge in [-0.15, -0.1) is 0 Å². The van der Waals surface area contributed by atoms with E-state index in [1.807, 2.05) is 23.0 Å². The van der Waals surface area contributed by atoms with Gasteiger partial charge in [0.05, 0.1) is 36.0 Å². The highest BCUT2D eigenvalue weighted by atomic mass is 35.5. The number of nitrogens with one attached hydrogen (secondary N) is 1. The molecule has 0 fully saturated rings. The highest BCUT2D eigenvalue weighted by molar-refractivity contribution is 6.33. The highest BCUT2D eigenvalue weighted by Gasteiger charge is 2.31. The van der Waals surface area contributed by atoms with Gasteiger partial charge in [-0.2, -0.15) is 18.3 Å². The number of methoxy groups -OCH3 is 1. The molecular weight excluding hydrogens is 559 g/mol. The molecule has 0 aliphatic heterocycles. The van der Waals surface area contributed by atoms with Crippen LogP contribution in [0.15, 0.2) is 60.8 Å². The lowest BCUT2D eigenvalue weighted by molar-refractivity contribution is -0.138. The standard InChI is InChI=1S/C30H29ClF3N3O4/c1-17(2)14-26(18-4-6-19(7-5-18)29(40)35-13-12-27(38)39)37-16-23-25(36-37)11-10-22(28(23)41-3)21-9-8-20(15-24(21)31)30(32,33)34/h4-11,15-17,26H,12-14H2,1-3H3,(H,35,40)(H,38,39). The minimum atomic E-state index is -4.51. The number of rotatable bonds is 10. The lowest BCUT2D eigenvalue weighted by Crippen LogP contribution is -2.26. The maximum Gasteiger partial charge on any atom is 0.416 e. The molecule has 0 saturated carbocycles. The zero-order valence-corrected chi connectivity index (χ0v) is 23.4. The van der Waals surface area contributed by atoms with Crippen molar-refractivity contribution in [3.8, 4) is 16.9 Å². The predicted molar refractivity (Wildman–Crippen MR) is 150 cm³/mol. The van der Waals surface area contributed by atoms with Crippen molar-refractivity contribution >= 4 is 34.4 Å². The number of halogens is 4. The van der Waals surface area contributed by atoms with Crippen LogP contribution < -0.4 is 10.1 Å². The molecule has 3 aromatic carbocycles. The molecule has 0 bridgehead atoms. The Balaban J connectivity index is 1.69. The van der Waals surface area contributed by atoms with E-state index in [4.69, 9.17) is 26.5 Å². The van der Waals surface area contributed by atoms with Crippen LogP contribution in [0, 0.1) is 5.92 Å². The Labute approximate surface area is 239 Å². The Morgan fingerprint density at radius 1 is 1.07 bits per heavy atom. The SMILES string of the molecule is COc1c(-c2ccc(C(F)(F)F)cc2Cl)ccc2nn(C(CC(C)C)c3ccc(C(=O)NCCC(=O)O)cc3)cc12. The van der Waals surface area contributed by atoms with Crippen LogP contribution in [-0.2, 0) is 11.0 Å². The minimum absolute atomic E-state index is 0.0350. The summed E-state index contributed by atoms with van der Waals surface area (Å²) in [5.41, 5.74) is 2.07. The van der Waals surface area contributed by atoms with Crippen molar-refractivity contribution in [3.63, 3.8) is 0 Å². The summed E-state index contributed by atoms with van der Waals surface area (Å²) in [6.45, 7) is 4.21. The first kappa shape index (κ1) is 29.9. The monoisotopic (exact) mass is 587 g/mol. The number of aliphatic carboxylic acids is 1. The van der Waals surface area contributed by atoms with Gasteiger partial charge in [-0.25, -0.2) is 0 Å². The smallest absolute Gasteiger partial charge is 0.416 e. The fraction of sp³-hybridized carbons (Fsp3) is 0.300. The van der Waals surface area contributed by atoms with Crippen molar-refractivity contribution in [2.24, 2.45) is 5.92 Å². The summed E-state index contributed by atoms with van der Waals surface area (Å²) in [5.74, 6) is -0.612. The third-order valence-corrected chi connectivity index (χ3v) is 6.96. The lowest BCUT2D eigenvalue weighted by Gasteiger charge is -2.20. The van der Waals surface area contributed by atoms with Crippen molar-refractivity contribution in [2.45, 2.75) is 38.9 Å². The molecular formula is C30H29ClF3N3O4. The van der Waals surface area contributed by atoms with Crippen molar-refractivity contribution in [1.29, 1.82) is 0 Å². The van der Waals surface area contributed by atoms with Crippen LogP contribution in [0.4, 0.5) is 13.2 Å². The van der Waals surface area contributed by atoms with E-state index in [0.29, 0.717) is 39.3 Å². The average molecular weight is 588 g/mol. The molecule has 7 nitrogen and oxygen atoms in total. The molecule has 0 aliphatic carbocycles. The number of hydrogen-bond donors (Lipinski definition) is 2. The molecule has 1 heterocycles. The molecule has 41 heavy (non-hydrogen) atoms. The second-order valence-electron chi connectivity index (χ2n) is 10.0. The maximum atomic E-state index is 13.2. The van der Waals surface area contributed by atoms with Gasteiger partial charge in [0.2, 0.25) is 0 Å². The normalized spacial score (nSPS) is 12.5. The van der Waals surface area contributed by atoms with Gasteiger partial charge < -0.3 is 15.2 Å². The number of amides is 1. The van der Waals surface area contributed by atoms with Crippen LogP contribution in [0.2, 0.25) is 5.02 Å². The van der Waals surface area contributed by atoms with E-state index in [1.54, 1.807) is 24.3 Å². The van der Waals surface area contributed by atoms with Gasteiger partial charge in [-0.1, -0.05) is 43.6 Å². The van der Waals surface area contributed by atoms with Gasteiger partial charge in [0.15, 0.2) is 0 Å². The Morgan fingerprint density at radius 2 is 1.76 bits per heavy atom. The van der Waals surface area contributed by atoms with E-state index in [2.05, 4.69) is 19.2 Å². The zero-order chi connectivity index (χ0) is 29.9. The largest absolute Gasteiger partial charge is 0.495 e. The average Bonchev–Trinajstić information content (AvgIpc) is 3.34. The lowest BCUT2D eigenvalue weighted by atomic mass is 9.96. The van der Waals surface area contributed by atoms with E-state index < -0.39 is 17.7 Å². The second kappa shape index (κ2) is 12.2. The number of benzene rings is 3. The third-order valence-electron chi connectivity index (χ3n) is 6.64. The third kappa shape index (κ3) is 6.82. The van der Waals surface area contributed by atoms with Crippen LogP contribution in [0.5, 0.6) is 5.75 Å². The van der Waals surface area contributed by atoms with Crippen LogP contribution in [-0.4, -0.2) is 40.4 Å². The molecule has 1 aromatic heterocycles. The summed E-state index contributed by atoms with van der Waals surface area (Å²) < 4.78 is 47.1. The number of fused-ring (bicyclic) bond motifs is 1. The number of carboxylic acid groups (broad SMARTS) is 1. The molecule has 1 unspecified atom stereocenters. The second-order valence-corrected chi connectivity index (χ2v) is 10.5. The van der Waals surface area contributed by atoms with Gasteiger partial charge in [-0.05, 0) is 54.3 Å². The maximum absolute atomic E-state index is 13.2. The van der Waals surface area contributed by atoms with Gasteiger partial charge in [0.25, 0.3) is 5.91 Å². The number of nitrogens with zero attached hydrogens (tertiary/aromatic N) is 2. The van der Waals surface area contributed by atoms with Crippen molar-refractivity contribution in [1.82, 2.24) is 15.1 Å². The number of aromatic nitrogens is 2. The number of hydrogen-bond acceptors (Lipinski definition) is 4. The van der Waals surface area contributed by atoms with E-state index in [-0.39, 0.29) is 29.9 Å². The summed E-state index contributed by atoms with van der Waals surface area (Å²) in [7, 11) is 1.49. The number of ether oxygens (including phenoxy) is 1.